The summed E-state index contributed by atoms with van der Waals surface area (Å²) in [7, 11) is -3.13. The average molecular weight is 369 g/mol. The van der Waals surface area contributed by atoms with E-state index in [-0.39, 0.29) is 0 Å². The summed E-state index contributed by atoms with van der Waals surface area (Å²) >= 11 is 0. The van der Waals surface area contributed by atoms with Gasteiger partial charge in [0.05, 0.1) is 15.9 Å². The van der Waals surface area contributed by atoms with Crippen LogP contribution in [0.1, 0.15) is 29.9 Å². The van der Waals surface area contributed by atoms with Crippen molar-refractivity contribution in [3.8, 4) is 0 Å². The van der Waals surface area contributed by atoms with Crippen LogP contribution in [0.15, 0.2) is 53.7 Å². The summed E-state index contributed by atoms with van der Waals surface area (Å²) in [4.78, 5) is 10.7. The molecular weight excluding hydrogens is 346 g/mol. The molecule has 1 aliphatic heterocycles. The Morgan fingerprint density at radius 1 is 1.15 bits per heavy atom. The molecule has 3 heterocycles. The number of hydrogen-bond donors (Lipinski definition) is 1. The van der Waals surface area contributed by atoms with Crippen molar-refractivity contribution in [3.63, 3.8) is 0 Å². The van der Waals surface area contributed by atoms with Crippen LogP contribution in [0.2, 0.25) is 0 Å². The van der Waals surface area contributed by atoms with Crippen molar-refractivity contribution in [3.05, 3.63) is 59.9 Å². The summed E-state index contributed by atoms with van der Waals surface area (Å²) in [5.41, 5.74) is 4.69. The molecule has 0 spiro atoms. The molecule has 1 aromatic carbocycles. The maximum absolute atomic E-state index is 11.6. The normalized spacial score (nSPS) is 17.0. The van der Waals surface area contributed by atoms with E-state index in [2.05, 4.69) is 27.1 Å². The van der Waals surface area contributed by atoms with E-state index in [1.165, 1.54) is 11.8 Å². The van der Waals surface area contributed by atoms with Crippen LogP contribution in [-0.2, 0) is 16.4 Å². The van der Waals surface area contributed by atoms with Gasteiger partial charge in [-0.1, -0.05) is 12.1 Å². The first-order valence-electron chi connectivity index (χ1n) is 8.94. The summed E-state index contributed by atoms with van der Waals surface area (Å²) < 4.78 is 23.1. The summed E-state index contributed by atoms with van der Waals surface area (Å²) in [6, 6.07) is 11.3. The topological polar surface area (TPSA) is 66.1 Å². The minimum atomic E-state index is -3.13. The smallest absolute Gasteiger partial charge is 0.175 e. The highest BCUT2D eigenvalue weighted by Gasteiger charge is 2.23. The van der Waals surface area contributed by atoms with Gasteiger partial charge in [-0.05, 0) is 67.2 Å². The van der Waals surface area contributed by atoms with Gasteiger partial charge < -0.3 is 4.98 Å². The number of aromatic amines is 1. The summed E-state index contributed by atoms with van der Waals surface area (Å²) in [5, 5.41) is 0. The number of nitrogens with one attached hydrogen (secondary N) is 1. The Balaban J connectivity index is 1.39. The van der Waals surface area contributed by atoms with Crippen LogP contribution in [-0.4, -0.2) is 42.6 Å². The third kappa shape index (κ3) is 3.52. The summed E-state index contributed by atoms with van der Waals surface area (Å²) in [5.74, 6) is 0.544. The molecule has 0 radical (unpaired) electrons. The highest BCUT2D eigenvalue weighted by Crippen LogP contribution is 2.32. The first-order valence-corrected chi connectivity index (χ1v) is 10.8. The number of hydrogen-bond acceptors (Lipinski definition) is 4. The maximum Gasteiger partial charge on any atom is 0.175 e. The number of H-pyrrole nitrogens is 1. The van der Waals surface area contributed by atoms with Crippen LogP contribution in [0.5, 0.6) is 0 Å². The van der Waals surface area contributed by atoms with E-state index >= 15 is 0 Å². The third-order valence-corrected chi connectivity index (χ3v) is 6.38. The summed E-state index contributed by atoms with van der Waals surface area (Å²) in [6.45, 7) is 2.94. The Bertz CT molecular complexity index is 1000. The molecule has 1 N–H and O–H groups in total. The van der Waals surface area contributed by atoms with Gasteiger partial charge in [-0.25, -0.2) is 8.42 Å². The SMILES string of the molecule is CS(=O)(=O)c1ccc(CN2CCC(c3c[nH]c4cccnc34)CC2)cc1. The molecular formula is C20H23N3O2S. The number of piperidine rings is 1. The zero-order valence-corrected chi connectivity index (χ0v) is 15.7. The number of benzene rings is 1. The Morgan fingerprint density at radius 3 is 2.58 bits per heavy atom. The minimum Gasteiger partial charge on any atom is -0.360 e. The molecule has 2 aromatic heterocycles. The zero-order chi connectivity index (χ0) is 18.1. The lowest BCUT2D eigenvalue weighted by atomic mass is 9.90. The molecule has 4 rings (SSSR count). The molecule has 6 heteroatoms. The molecule has 0 amide bonds. The van der Waals surface area contributed by atoms with Crippen molar-refractivity contribution in [1.29, 1.82) is 0 Å². The number of aromatic nitrogens is 2. The van der Waals surface area contributed by atoms with Crippen molar-refractivity contribution in [2.75, 3.05) is 19.3 Å². The van der Waals surface area contributed by atoms with Gasteiger partial charge in [0.15, 0.2) is 9.84 Å². The number of likely N-dealkylation sites (tertiary alicyclic amines) is 1. The molecule has 3 aromatic rings. The van der Waals surface area contributed by atoms with Gasteiger partial charge in [-0.2, -0.15) is 0 Å². The van der Waals surface area contributed by atoms with Crippen molar-refractivity contribution in [1.82, 2.24) is 14.9 Å². The highest BCUT2D eigenvalue weighted by molar-refractivity contribution is 7.90. The number of sulfone groups is 1. The molecule has 0 bridgehead atoms. The van der Waals surface area contributed by atoms with E-state index in [4.69, 9.17) is 0 Å². The molecule has 5 nitrogen and oxygen atoms in total. The molecule has 1 fully saturated rings. The lowest BCUT2D eigenvalue weighted by molar-refractivity contribution is 0.205. The number of nitrogens with zero attached hydrogens (tertiary/aromatic N) is 2. The Hall–Kier alpha value is -2.18. The van der Waals surface area contributed by atoms with Crippen LogP contribution >= 0.6 is 0 Å². The fraction of sp³-hybridized carbons (Fsp3) is 0.350. The maximum atomic E-state index is 11.6. The average Bonchev–Trinajstić information content (AvgIpc) is 3.06. The molecule has 0 atom stereocenters. The second-order valence-corrected chi connectivity index (χ2v) is 9.13. The summed E-state index contributed by atoms with van der Waals surface area (Å²) in [6.07, 6.45) is 7.44. The Labute approximate surface area is 154 Å². The van der Waals surface area contributed by atoms with Crippen molar-refractivity contribution in [2.24, 2.45) is 0 Å². The van der Waals surface area contributed by atoms with E-state index in [1.807, 2.05) is 24.4 Å². The largest absolute Gasteiger partial charge is 0.360 e. The third-order valence-electron chi connectivity index (χ3n) is 5.25. The standard InChI is InChI=1S/C20H23N3O2S/c1-26(24,25)17-6-4-15(5-7-17)14-23-11-8-16(9-12-23)18-13-22-19-3-2-10-21-20(18)19/h2-7,10,13,16,22H,8-9,11-12,14H2,1H3. The minimum absolute atomic E-state index is 0.381. The number of pyridine rings is 1. The van der Waals surface area contributed by atoms with Gasteiger partial charge in [0.1, 0.15) is 0 Å². The quantitative estimate of drug-likeness (QED) is 0.766. The highest BCUT2D eigenvalue weighted by atomic mass is 32.2. The molecule has 1 aliphatic rings. The van der Waals surface area contributed by atoms with Gasteiger partial charge in [-0.15, -0.1) is 0 Å². The molecule has 1 saturated heterocycles. The first-order chi connectivity index (χ1) is 12.5. The number of fused-ring (bicyclic) bond motifs is 1. The van der Waals surface area contributed by atoms with E-state index in [9.17, 15) is 8.42 Å². The lowest BCUT2D eigenvalue weighted by Crippen LogP contribution is -2.32. The molecule has 0 saturated carbocycles. The van der Waals surface area contributed by atoms with Gasteiger partial charge in [0.2, 0.25) is 0 Å². The Kier molecular flexibility index (Phi) is 4.54. The van der Waals surface area contributed by atoms with Crippen molar-refractivity contribution in [2.45, 2.75) is 30.2 Å². The van der Waals surface area contributed by atoms with E-state index in [1.54, 1.807) is 12.1 Å². The van der Waals surface area contributed by atoms with Gasteiger partial charge >= 0.3 is 0 Å². The van der Waals surface area contributed by atoms with Crippen LogP contribution in [0.4, 0.5) is 0 Å². The lowest BCUT2D eigenvalue weighted by Gasteiger charge is -2.31. The second-order valence-electron chi connectivity index (χ2n) is 7.11. The second kappa shape index (κ2) is 6.85. The predicted octanol–water partition coefficient (Wildman–Crippen LogP) is 3.35. The van der Waals surface area contributed by atoms with Crippen molar-refractivity contribution < 1.29 is 8.42 Å². The molecule has 0 aliphatic carbocycles. The van der Waals surface area contributed by atoms with Crippen LogP contribution in [0, 0.1) is 0 Å². The van der Waals surface area contributed by atoms with E-state index in [0.717, 1.165) is 49.1 Å². The van der Waals surface area contributed by atoms with Gasteiger partial charge in [-0.3, -0.25) is 9.88 Å². The predicted molar refractivity (Wildman–Crippen MR) is 103 cm³/mol. The number of rotatable bonds is 4. The van der Waals surface area contributed by atoms with Crippen LogP contribution in [0.3, 0.4) is 0 Å². The fourth-order valence-corrected chi connectivity index (χ4v) is 4.42. The zero-order valence-electron chi connectivity index (χ0n) is 14.9. The molecule has 26 heavy (non-hydrogen) atoms. The van der Waals surface area contributed by atoms with Crippen molar-refractivity contribution >= 4 is 20.9 Å². The van der Waals surface area contributed by atoms with Gasteiger partial charge in [0, 0.05) is 25.2 Å². The Morgan fingerprint density at radius 2 is 1.88 bits per heavy atom. The van der Waals surface area contributed by atoms with Crippen LogP contribution < -0.4 is 0 Å². The monoisotopic (exact) mass is 369 g/mol. The fourth-order valence-electron chi connectivity index (χ4n) is 3.79. The first kappa shape index (κ1) is 17.2. The molecule has 0 unspecified atom stereocenters. The van der Waals surface area contributed by atoms with Crippen LogP contribution in [0.25, 0.3) is 11.0 Å². The van der Waals surface area contributed by atoms with E-state index in [0.29, 0.717) is 10.8 Å². The van der Waals surface area contributed by atoms with E-state index < -0.39 is 9.84 Å². The molecule has 136 valence electrons. The van der Waals surface area contributed by atoms with Gasteiger partial charge in [0.25, 0.3) is 0 Å².